The molecule has 2 aromatic heterocycles. The molecule has 1 fully saturated rings. The lowest BCUT2D eigenvalue weighted by Gasteiger charge is -2.04. The van der Waals surface area contributed by atoms with E-state index in [0.717, 1.165) is 13.0 Å². The first-order chi connectivity index (χ1) is 13.2. The first-order valence-electron chi connectivity index (χ1n) is 8.55. The van der Waals surface area contributed by atoms with Crippen molar-refractivity contribution in [1.29, 1.82) is 0 Å². The lowest BCUT2D eigenvalue weighted by atomic mass is 10.2. The maximum atomic E-state index is 13.2. The van der Waals surface area contributed by atoms with Gasteiger partial charge in [0, 0.05) is 31.0 Å². The van der Waals surface area contributed by atoms with Crippen LogP contribution in [0.2, 0.25) is 0 Å². The summed E-state index contributed by atoms with van der Waals surface area (Å²) in [6.45, 7) is 0.760. The quantitative estimate of drug-likeness (QED) is 0.721. The fourth-order valence-electron chi connectivity index (χ4n) is 2.86. The third kappa shape index (κ3) is 4.03. The fourth-order valence-corrected chi connectivity index (χ4v) is 2.86. The molecule has 0 amide bonds. The first-order valence-corrected chi connectivity index (χ1v) is 8.55. The van der Waals surface area contributed by atoms with Crippen molar-refractivity contribution >= 4 is 0 Å². The minimum absolute atomic E-state index is 0.00684. The number of ether oxygens (including phenoxy) is 1. The minimum Gasteiger partial charge on any atom is -0.380 e. The molecule has 7 heteroatoms. The molecule has 0 bridgehead atoms. The van der Waals surface area contributed by atoms with Crippen molar-refractivity contribution in [3.63, 3.8) is 0 Å². The van der Waals surface area contributed by atoms with Crippen molar-refractivity contribution in [3.8, 4) is 23.4 Å². The molecule has 1 aliphatic rings. The lowest BCUT2D eigenvalue weighted by Crippen LogP contribution is -2.16. The van der Waals surface area contributed by atoms with E-state index >= 15 is 0 Å². The summed E-state index contributed by atoms with van der Waals surface area (Å²) in [6.07, 6.45) is 2.58. The van der Waals surface area contributed by atoms with Crippen LogP contribution in [0.5, 0.6) is 0 Å². The zero-order chi connectivity index (χ0) is 18.6. The summed E-state index contributed by atoms with van der Waals surface area (Å²) in [4.78, 5) is 8.77. The van der Waals surface area contributed by atoms with E-state index in [-0.39, 0.29) is 18.0 Å². The van der Waals surface area contributed by atoms with Crippen LogP contribution in [0.15, 0.2) is 47.1 Å². The standard InChI is InChI=1S/C20H17FN4O2/c1-26-16-10-18(23-12-16)20-24-19(25-27-20)17-8-7-14(11-22-17)6-5-13-3-2-4-15(21)9-13/h2-4,7-9,11,16,18,23H,10,12H2,1H3/t16-,18-/m1/s1. The average Bonchev–Trinajstić information content (AvgIpc) is 3.36. The van der Waals surface area contributed by atoms with Gasteiger partial charge in [-0.3, -0.25) is 4.98 Å². The molecule has 0 radical (unpaired) electrons. The van der Waals surface area contributed by atoms with Gasteiger partial charge in [-0.15, -0.1) is 0 Å². The number of hydrogen-bond acceptors (Lipinski definition) is 6. The Hall–Kier alpha value is -3.08. The molecule has 1 saturated heterocycles. The molecule has 0 unspecified atom stereocenters. The minimum atomic E-state index is -0.309. The monoisotopic (exact) mass is 364 g/mol. The van der Waals surface area contributed by atoms with E-state index in [0.29, 0.717) is 28.5 Å². The van der Waals surface area contributed by atoms with Gasteiger partial charge in [0.15, 0.2) is 0 Å². The molecule has 1 aliphatic heterocycles. The SMILES string of the molecule is CO[C@H]1CN[C@@H](c2nc(-c3ccc(C#Cc4cccc(F)c4)cn3)no2)C1. The van der Waals surface area contributed by atoms with E-state index in [4.69, 9.17) is 9.26 Å². The topological polar surface area (TPSA) is 73.1 Å². The Kier molecular flexibility index (Phi) is 4.92. The van der Waals surface area contributed by atoms with Gasteiger partial charge in [-0.25, -0.2) is 4.39 Å². The molecule has 2 atom stereocenters. The van der Waals surface area contributed by atoms with Crippen molar-refractivity contribution in [1.82, 2.24) is 20.4 Å². The molecular formula is C20H17FN4O2. The van der Waals surface area contributed by atoms with Crippen LogP contribution in [0.1, 0.15) is 29.5 Å². The molecule has 136 valence electrons. The lowest BCUT2D eigenvalue weighted by molar-refractivity contribution is 0.116. The molecule has 4 rings (SSSR count). The van der Waals surface area contributed by atoms with Gasteiger partial charge in [-0.1, -0.05) is 23.1 Å². The van der Waals surface area contributed by atoms with Gasteiger partial charge >= 0.3 is 0 Å². The van der Waals surface area contributed by atoms with Gasteiger partial charge in [0.25, 0.3) is 0 Å². The van der Waals surface area contributed by atoms with Crippen molar-refractivity contribution < 1.29 is 13.7 Å². The molecule has 0 aliphatic carbocycles. The Morgan fingerprint density at radius 3 is 2.85 bits per heavy atom. The van der Waals surface area contributed by atoms with Crippen LogP contribution in [-0.2, 0) is 4.74 Å². The highest BCUT2D eigenvalue weighted by molar-refractivity contribution is 5.51. The summed E-state index contributed by atoms with van der Waals surface area (Å²) in [5, 5.41) is 7.31. The van der Waals surface area contributed by atoms with Crippen LogP contribution < -0.4 is 5.32 Å². The number of nitrogens with zero attached hydrogens (tertiary/aromatic N) is 3. The van der Waals surface area contributed by atoms with Gasteiger partial charge in [0.2, 0.25) is 11.7 Å². The van der Waals surface area contributed by atoms with Crippen molar-refractivity contribution in [3.05, 3.63) is 65.4 Å². The van der Waals surface area contributed by atoms with E-state index < -0.39 is 0 Å². The highest BCUT2D eigenvalue weighted by atomic mass is 19.1. The third-order valence-corrected chi connectivity index (χ3v) is 4.33. The third-order valence-electron chi connectivity index (χ3n) is 4.33. The Morgan fingerprint density at radius 2 is 2.11 bits per heavy atom. The Labute approximate surface area is 155 Å². The second-order valence-electron chi connectivity index (χ2n) is 6.20. The second kappa shape index (κ2) is 7.66. The van der Waals surface area contributed by atoms with Crippen LogP contribution in [-0.4, -0.2) is 34.9 Å². The average molecular weight is 364 g/mol. The number of hydrogen-bond donors (Lipinski definition) is 1. The van der Waals surface area contributed by atoms with Crippen LogP contribution in [0.4, 0.5) is 4.39 Å². The van der Waals surface area contributed by atoms with Gasteiger partial charge in [-0.2, -0.15) is 4.98 Å². The summed E-state index contributed by atoms with van der Waals surface area (Å²) in [7, 11) is 1.69. The van der Waals surface area contributed by atoms with Gasteiger partial charge in [0.1, 0.15) is 11.5 Å². The smallest absolute Gasteiger partial charge is 0.244 e. The zero-order valence-electron chi connectivity index (χ0n) is 14.6. The molecule has 1 aromatic carbocycles. The number of benzene rings is 1. The van der Waals surface area contributed by atoms with Crippen LogP contribution in [0.3, 0.4) is 0 Å². The number of rotatable bonds is 3. The molecule has 27 heavy (non-hydrogen) atoms. The summed E-state index contributed by atoms with van der Waals surface area (Å²) >= 11 is 0. The Balaban J connectivity index is 1.47. The normalized spacial score (nSPS) is 18.9. The van der Waals surface area contributed by atoms with Crippen molar-refractivity contribution in [2.24, 2.45) is 0 Å². The van der Waals surface area contributed by atoms with Crippen LogP contribution in [0.25, 0.3) is 11.5 Å². The highest BCUT2D eigenvalue weighted by Gasteiger charge is 2.29. The van der Waals surface area contributed by atoms with Crippen molar-refractivity contribution in [2.45, 2.75) is 18.6 Å². The number of nitrogens with one attached hydrogen (secondary N) is 1. The molecule has 0 spiro atoms. The van der Waals surface area contributed by atoms with E-state index in [1.54, 1.807) is 31.5 Å². The Bertz CT molecular complexity index is 991. The van der Waals surface area contributed by atoms with E-state index in [1.807, 2.05) is 6.07 Å². The molecule has 6 nitrogen and oxygen atoms in total. The van der Waals surface area contributed by atoms with E-state index in [9.17, 15) is 4.39 Å². The summed E-state index contributed by atoms with van der Waals surface area (Å²) < 4.78 is 23.9. The predicted octanol–water partition coefficient (Wildman–Crippen LogP) is 2.72. The maximum absolute atomic E-state index is 13.2. The molecule has 3 heterocycles. The summed E-state index contributed by atoms with van der Waals surface area (Å²) in [6, 6.07) is 9.75. The van der Waals surface area contributed by atoms with E-state index in [1.165, 1.54) is 12.1 Å². The summed E-state index contributed by atoms with van der Waals surface area (Å²) in [5.74, 6) is 6.52. The van der Waals surface area contributed by atoms with Crippen LogP contribution >= 0.6 is 0 Å². The predicted molar refractivity (Wildman–Crippen MR) is 96.1 cm³/mol. The first kappa shape index (κ1) is 17.3. The van der Waals surface area contributed by atoms with Crippen LogP contribution in [0, 0.1) is 17.7 Å². The van der Waals surface area contributed by atoms with Gasteiger partial charge in [0.05, 0.1) is 12.1 Å². The summed E-state index contributed by atoms with van der Waals surface area (Å²) in [5.41, 5.74) is 1.93. The maximum Gasteiger partial charge on any atom is 0.244 e. The molecule has 1 N–H and O–H groups in total. The fraction of sp³-hybridized carbons (Fsp3) is 0.250. The number of methoxy groups -OCH3 is 1. The zero-order valence-corrected chi connectivity index (χ0v) is 14.6. The van der Waals surface area contributed by atoms with Crippen molar-refractivity contribution in [2.75, 3.05) is 13.7 Å². The number of halogens is 1. The second-order valence-corrected chi connectivity index (χ2v) is 6.20. The highest BCUT2D eigenvalue weighted by Crippen LogP contribution is 2.25. The number of aromatic nitrogens is 3. The van der Waals surface area contributed by atoms with Gasteiger partial charge < -0.3 is 14.6 Å². The molecule has 0 saturated carbocycles. The molecule has 3 aromatic rings. The number of pyridine rings is 1. The largest absolute Gasteiger partial charge is 0.380 e. The van der Waals surface area contributed by atoms with Gasteiger partial charge in [-0.05, 0) is 36.8 Å². The Morgan fingerprint density at radius 1 is 1.22 bits per heavy atom. The molecular weight excluding hydrogens is 347 g/mol. The van der Waals surface area contributed by atoms with E-state index in [2.05, 4.69) is 32.3 Å².